The molecule has 1 heterocycles. The summed E-state index contributed by atoms with van der Waals surface area (Å²) in [7, 11) is -0.199. The predicted octanol–water partition coefficient (Wildman–Crippen LogP) is 2.22. The number of sulfonamides is 1. The van der Waals surface area contributed by atoms with Crippen LogP contribution in [0.4, 0.5) is 0 Å². The lowest BCUT2D eigenvalue weighted by atomic mass is 9.79. The molecule has 1 N–H and O–H groups in total. The van der Waals surface area contributed by atoms with Crippen molar-refractivity contribution in [1.29, 1.82) is 0 Å². The number of hydrogen-bond acceptors (Lipinski definition) is 4. The van der Waals surface area contributed by atoms with Gasteiger partial charge in [0.2, 0.25) is 10.0 Å². The molecular weight excluding hydrogens is 326 g/mol. The third-order valence-corrected chi connectivity index (χ3v) is 6.21. The second kappa shape index (κ2) is 6.57. The van der Waals surface area contributed by atoms with Crippen LogP contribution in [0.5, 0.6) is 5.75 Å². The minimum atomic E-state index is -3.54. The highest BCUT2D eigenvalue weighted by atomic mass is 32.2. The van der Waals surface area contributed by atoms with Crippen molar-refractivity contribution < 1.29 is 13.2 Å². The van der Waals surface area contributed by atoms with Gasteiger partial charge >= 0.3 is 0 Å². The van der Waals surface area contributed by atoms with Gasteiger partial charge in [0.15, 0.2) is 0 Å². The molecule has 0 aliphatic heterocycles. The highest BCUT2D eigenvalue weighted by Crippen LogP contribution is 2.41. The van der Waals surface area contributed by atoms with Crippen LogP contribution in [0, 0.1) is 0 Å². The van der Waals surface area contributed by atoms with Crippen LogP contribution in [0.25, 0.3) is 0 Å². The molecule has 6 nitrogen and oxygen atoms in total. The fourth-order valence-corrected chi connectivity index (χ4v) is 4.53. The number of aryl methyl sites for hydroxylation is 1. The summed E-state index contributed by atoms with van der Waals surface area (Å²) in [5.74, 6) is 0.808. The van der Waals surface area contributed by atoms with E-state index in [1.54, 1.807) is 14.2 Å². The molecule has 1 fully saturated rings. The molecule has 7 heteroatoms. The quantitative estimate of drug-likeness (QED) is 0.868. The lowest BCUT2D eigenvalue weighted by molar-refractivity contribution is 0.410. The molecule has 0 atom stereocenters. The maximum atomic E-state index is 12.5. The minimum Gasteiger partial charge on any atom is -0.497 e. The molecule has 3 rings (SSSR count). The van der Waals surface area contributed by atoms with E-state index < -0.39 is 10.0 Å². The molecule has 0 amide bonds. The van der Waals surface area contributed by atoms with Crippen molar-refractivity contribution >= 4 is 10.0 Å². The van der Waals surface area contributed by atoms with Crippen molar-refractivity contribution in [2.24, 2.45) is 7.05 Å². The van der Waals surface area contributed by atoms with E-state index in [2.05, 4.69) is 9.82 Å². The van der Waals surface area contributed by atoms with E-state index in [1.807, 2.05) is 24.3 Å². The Morgan fingerprint density at radius 1 is 1.25 bits per heavy atom. The molecule has 1 aromatic carbocycles. The summed E-state index contributed by atoms with van der Waals surface area (Å²) in [4.78, 5) is 0.202. The SMILES string of the molecule is COc1ccc(C2(CNS(=O)(=O)c3cnn(C)c3)CCCC2)cc1. The minimum absolute atomic E-state index is 0.151. The van der Waals surface area contributed by atoms with Gasteiger partial charge in [0.05, 0.1) is 13.3 Å². The van der Waals surface area contributed by atoms with Gasteiger partial charge in [0.25, 0.3) is 0 Å². The zero-order valence-corrected chi connectivity index (χ0v) is 14.8. The zero-order chi connectivity index (χ0) is 17.2. The Bertz CT molecular complexity index is 791. The molecule has 1 aliphatic rings. The van der Waals surface area contributed by atoms with Gasteiger partial charge in [-0.2, -0.15) is 5.10 Å². The van der Waals surface area contributed by atoms with E-state index in [9.17, 15) is 8.42 Å². The number of ether oxygens (including phenoxy) is 1. The Hall–Kier alpha value is -1.86. The average molecular weight is 349 g/mol. The normalized spacial score (nSPS) is 17.1. The first-order valence-electron chi connectivity index (χ1n) is 8.08. The van der Waals surface area contributed by atoms with Gasteiger partial charge in [-0.3, -0.25) is 4.68 Å². The van der Waals surface area contributed by atoms with E-state index in [0.29, 0.717) is 6.54 Å². The first-order valence-corrected chi connectivity index (χ1v) is 9.56. The summed E-state index contributed by atoms with van der Waals surface area (Å²) in [5, 5.41) is 3.94. The predicted molar refractivity (Wildman–Crippen MR) is 91.5 cm³/mol. The van der Waals surface area contributed by atoms with Gasteiger partial charge < -0.3 is 4.74 Å². The summed E-state index contributed by atoms with van der Waals surface area (Å²) in [6, 6.07) is 7.96. The van der Waals surface area contributed by atoms with Gasteiger partial charge in [-0.25, -0.2) is 13.1 Å². The van der Waals surface area contributed by atoms with Crippen molar-refractivity contribution in [2.75, 3.05) is 13.7 Å². The van der Waals surface area contributed by atoms with Crippen molar-refractivity contribution in [2.45, 2.75) is 36.0 Å². The Labute approximate surface area is 142 Å². The molecule has 0 spiro atoms. The number of nitrogens with one attached hydrogen (secondary N) is 1. The van der Waals surface area contributed by atoms with Crippen LogP contribution >= 0.6 is 0 Å². The highest BCUT2D eigenvalue weighted by molar-refractivity contribution is 7.89. The van der Waals surface area contributed by atoms with Gasteiger partial charge in [-0.1, -0.05) is 25.0 Å². The van der Waals surface area contributed by atoms with Crippen molar-refractivity contribution in [3.8, 4) is 5.75 Å². The first kappa shape index (κ1) is 17.0. The number of aromatic nitrogens is 2. The molecule has 0 unspecified atom stereocenters. The van der Waals surface area contributed by atoms with Crippen LogP contribution < -0.4 is 9.46 Å². The average Bonchev–Trinajstić information content (AvgIpc) is 3.23. The van der Waals surface area contributed by atoms with Crippen LogP contribution in [0.15, 0.2) is 41.6 Å². The standard InChI is InChI=1S/C17H23N3O3S/c1-20-12-16(11-18-20)24(21,22)19-13-17(9-3-4-10-17)14-5-7-15(23-2)8-6-14/h5-8,11-12,19H,3-4,9-10,13H2,1-2H3. The highest BCUT2D eigenvalue weighted by Gasteiger charge is 2.36. The Morgan fingerprint density at radius 2 is 1.92 bits per heavy atom. The monoisotopic (exact) mass is 349 g/mol. The molecule has 1 aliphatic carbocycles. The third kappa shape index (κ3) is 3.32. The summed E-state index contributed by atoms with van der Waals surface area (Å²) in [6.07, 6.45) is 7.07. The zero-order valence-electron chi connectivity index (χ0n) is 14.0. The van der Waals surface area contributed by atoms with E-state index >= 15 is 0 Å². The topological polar surface area (TPSA) is 73.2 Å². The van der Waals surface area contributed by atoms with E-state index in [0.717, 1.165) is 37.0 Å². The Kier molecular flexibility index (Phi) is 4.64. The van der Waals surface area contributed by atoms with Crippen molar-refractivity contribution in [3.63, 3.8) is 0 Å². The van der Waals surface area contributed by atoms with E-state index in [4.69, 9.17) is 4.74 Å². The second-order valence-corrected chi connectivity index (χ2v) is 8.16. The number of methoxy groups -OCH3 is 1. The smallest absolute Gasteiger partial charge is 0.243 e. The molecule has 1 aromatic heterocycles. The maximum Gasteiger partial charge on any atom is 0.243 e. The molecule has 2 aromatic rings. The molecule has 24 heavy (non-hydrogen) atoms. The number of rotatable bonds is 6. The summed E-state index contributed by atoms with van der Waals surface area (Å²) < 4.78 is 34.5. The third-order valence-electron chi connectivity index (χ3n) is 4.86. The van der Waals surface area contributed by atoms with Gasteiger partial charge in [-0.15, -0.1) is 0 Å². The fourth-order valence-electron chi connectivity index (χ4n) is 3.42. The van der Waals surface area contributed by atoms with Crippen LogP contribution in [-0.4, -0.2) is 31.9 Å². The van der Waals surface area contributed by atoms with Gasteiger partial charge in [-0.05, 0) is 30.5 Å². The summed E-state index contributed by atoms with van der Waals surface area (Å²) in [5.41, 5.74) is 1.01. The second-order valence-electron chi connectivity index (χ2n) is 6.39. The largest absolute Gasteiger partial charge is 0.497 e. The van der Waals surface area contributed by atoms with Crippen LogP contribution in [0.3, 0.4) is 0 Å². The van der Waals surface area contributed by atoms with Gasteiger partial charge in [0.1, 0.15) is 10.6 Å². The molecular formula is C17H23N3O3S. The molecule has 130 valence electrons. The molecule has 1 saturated carbocycles. The number of hydrogen-bond donors (Lipinski definition) is 1. The van der Waals surface area contributed by atoms with Crippen LogP contribution in [0.2, 0.25) is 0 Å². The fraction of sp³-hybridized carbons (Fsp3) is 0.471. The van der Waals surface area contributed by atoms with Crippen LogP contribution in [0.1, 0.15) is 31.2 Å². The number of nitrogens with zero attached hydrogens (tertiary/aromatic N) is 2. The summed E-state index contributed by atoms with van der Waals surface area (Å²) in [6.45, 7) is 0.399. The van der Waals surface area contributed by atoms with E-state index in [-0.39, 0.29) is 10.3 Å². The van der Waals surface area contributed by atoms with E-state index in [1.165, 1.54) is 17.1 Å². The lowest BCUT2D eigenvalue weighted by Crippen LogP contribution is -2.38. The van der Waals surface area contributed by atoms with Gasteiger partial charge in [0, 0.05) is 25.2 Å². The Morgan fingerprint density at radius 3 is 2.46 bits per heavy atom. The molecule has 0 saturated heterocycles. The van der Waals surface area contributed by atoms with Crippen LogP contribution in [-0.2, 0) is 22.5 Å². The van der Waals surface area contributed by atoms with Crippen molar-refractivity contribution in [3.05, 3.63) is 42.2 Å². The summed E-state index contributed by atoms with van der Waals surface area (Å²) >= 11 is 0. The van der Waals surface area contributed by atoms with Crippen molar-refractivity contribution in [1.82, 2.24) is 14.5 Å². The number of benzene rings is 1. The Balaban J connectivity index is 1.81. The maximum absolute atomic E-state index is 12.5. The first-order chi connectivity index (χ1) is 11.5. The molecule has 0 bridgehead atoms. The lowest BCUT2D eigenvalue weighted by Gasteiger charge is -2.30. The molecule has 0 radical (unpaired) electrons.